The van der Waals surface area contributed by atoms with E-state index >= 15 is 0 Å². The highest BCUT2D eigenvalue weighted by molar-refractivity contribution is 6.31. The highest BCUT2D eigenvalue weighted by atomic mass is 35.5. The largest absolute Gasteiger partial charge is 0.330 e. The van der Waals surface area contributed by atoms with Gasteiger partial charge in [0, 0.05) is 22.3 Å². The van der Waals surface area contributed by atoms with Gasteiger partial charge in [0.1, 0.15) is 5.82 Å². The summed E-state index contributed by atoms with van der Waals surface area (Å²) in [6, 6.07) is 11.6. The second kappa shape index (κ2) is 5.21. The average molecular weight is 328 g/mol. The predicted octanol–water partition coefficient (Wildman–Crippen LogP) is 3.31. The van der Waals surface area contributed by atoms with Crippen molar-refractivity contribution in [2.75, 3.05) is 0 Å². The van der Waals surface area contributed by atoms with Gasteiger partial charge in [0.2, 0.25) is 0 Å². The second-order valence-corrected chi connectivity index (χ2v) is 5.66. The average Bonchev–Trinajstić information content (AvgIpc) is 2.82. The fourth-order valence-corrected chi connectivity index (χ4v) is 2.98. The molecular weight excluding hydrogens is 317 g/mol. The highest BCUT2D eigenvalue weighted by Gasteiger charge is 2.22. The summed E-state index contributed by atoms with van der Waals surface area (Å²) in [6.07, 6.45) is 1.62. The first-order valence-electron chi connectivity index (χ1n) is 7.04. The van der Waals surface area contributed by atoms with E-state index in [9.17, 15) is 9.18 Å². The van der Waals surface area contributed by atoms with Crippen LogP contribution in [-0.2, 0) is 6.54 Å². The lowest BCUT2D eigenvalue weighted by Crippen LogP contribution is -2.18. The van der Waals surface area contributed by atoms with Crippen molar-refractivity contribution >= 4 is 17.3 Å². The Labute approximate surface area is 135 Å². The van der Waals surface area contributed by atoms with Crippen LogP contribution in [0, 0.1) is 5.82 Å². The zero-order valence-electron chi connectivity index (χ0n) is 11.9. The number of imidazole rings is 1. The van der Waals surface area contributed by atoms with Crippen molar-refractivity contribution < 1.29 is 4.39 Å². The fraction of sp³-hybridized carbons (Fsp3) is 0.0588. The van der Waals surface area contributed by atoms with Crippen LogP contribution < -0.4 is 5.69 Å². The molecule has 114 valence electrons. The van der Waals surface area contributed by atoms with Crippen molar-refractivity contribution in [1.82, 2.24) is 9.55 Å². The number of rotatable bonds is 1. The van der Waals surface area contributed by atoms with E-state index in [1.54, 1.807) is 47.2 Å². The van der Waals surface area contributed by atoms with E-state index < -0.39 is 0 Å². The fourth-order valence-electron chi connectivity index (χ4n) is 2.81. The first-order chi connectivity index (χ1) is 11.1. The van der Waals surface area contributed by atoms with Gasteiger partial charge in [0.15, 0.2) is 0 Å². The Morgan fingerprint density at radius 1 is 1.17 bits per heavy atom. The van der Waals surface area contributed by atoms with Gasteiger partial charge in [0.25, 0.3) is 0 Å². The quantitative estimate of drug-likeness (QED) is 0.732. The summed E-state index contributed by atoms with van der Waals surface area (Å²) in [5.41, 5.74) is 2.60. The molecule has 0 spiro atoms. The van der Waals surface area contributed by atoms with E-state index in [-0.39, 0.29) is 18.1 Å². The molecular formula is C17H11ClFN3O. The molecule has 1 aromatic heterocycles. The Bertz CT molecular complexity index is 1000. The molecule has 1 aliphatic rings. The topological polar surface area (TPSA) is 50.1 Å². The maximum Gasteiger partial charge on any atom is 0.330 e. The van der Waals surface area contributed by atoms with Gasteiger partial charge in [-0.1, -0.05) is 23.7 Å². The molecule has 1 aliphatic heterocycles. The lowest BCUT2D eigenvalue weighted by Gasteiger charge is -2.12. The summed E-state index contributed by atoms with van der Waals surface area (Å²) in [5, 5.41) is 0.500. The highest BCUT2D eigenvalue weighted by Crippen LogP contribution is 2.27. The van der Waals surface area contributed by atoms with Crippen molar-refractivity contribution in [3.05, 3.63) is 86.8 Å². The monoisotopic (exact) mass is 327 g/mol. The number of benzene rings is 2. The van der Waals surface area contributed by atoms with E-state index in [2.05, 4.69) is 9.98 Å². The van der Waals surface area contributed by atoms with Crippen molar-refractivity contribution in [3.63, 3.8) is 0 Å². The predicted molar refractivity (Wildman–Crippen MR) is 87.1 cm³/mol. The van der Waals surface area contributed by atoms with Gasteiger partial charge in [-0.25, -0.2) is 9.18 Å². The molecule has 1 N–H and O–H groups in total. The molecule has 23 heavy (non-hydrogen) atoms. The molecule has 0 aliphatic carbocycles. The van der Waals surface area contributed by atoms with Gasteiger partial charge >= 0.3 is 5.69 Å². The number of aliphatic imine (C=N–C) groups is 1. The molecule has 0 saturated carbocycles. The van der Waals surface area contributed by atoms with E-state index in [0.29, 0.717) is 33.2 Å². The van der Waals surface area contributed by atoms with Crippen LogP contribution in [0.5, 0.6) is 0 Å². The van der Waals surface area contributed by atoms with Crippen molar-refractivity contribution in [2.45, 2.75) is 6.54 Å². The molecule has 0 amide bonds. The third-order valence-electron chi connectivity index (χ3n) is 3.84. The number of hydrogen-bond donors (Lipinski definition) is 1. The van der Waals surface area contributed by atoms with Crippen LogP contribution in [0.15, 0.2) is 58.4 Å². The molecule has 3 aromatic rings. The molecule has 0 bridgehead atoms. The van der Waals surface area contributed by atoms with Crippen LogP contribution >= 0.6 is 11.6 Å². The van der Waals surface area contributed by atoms with E-state index in [0.717, 1.165) is 0 Å². The van der Waals surface area contributed by atoms with Crippen LogP contribution in [0.25, 0.3) is 5.69 Å². The Kier molecular flexibility index (Phi) is 3.16. The summed E-state index contributed by atoms with van der Waals surface area (Å²) in [4.78, 5) is 19.3. The number of hydrogen-bond acceptors (Lipinski definition) is 2. The van der Waals surface area contributed by atoms with Gasteiger partial charge in [-0.2, -0.15) is 0 Å². The third-order valence-corrected chi connectivity index (χ3v) is 4.07. The number of aromatic nitrogens is 2. The number of H-pyrrole nitrogens is 1. The SMILES string of the molecule is O=c1[nH]cc2n1-c1ccc(Cl)cc1C(c1ccccc1F)=NC2. The zero-order valence-corrected chi connectivity index (χ0v) is 12.6. The van der Waals surface area contributed by atoms with Gasteiger partial charge in [0.05, 0.1) is 23.6 Å². The molecule has 4 nitrogen and oxygen atoms in total. The molecule has 4 rings (SSSR count). The second-order valence-electron chi connectivity index (χ2n) is 5.23. The minimum atomic E-state index is -0.363. The zero-order chi connectivity index (χ0) is 16.0. The van der Waals surface area contributed by atoms with E-state index in [1.807, 2.05) is 0 Å². The number of aromatic amines is 1. The normalized spacial score (nSPS) is 13.0. The molecule has 6 heteroatoms. The van der Waals surface area contributed by atoms with Crippen molar-refractivity contribution in [3.8, 4) is 5.69 Å². The number of halogens is 2. The summed E-state index contributed by atoms with van der Waals surface area (Å²) in [6.45, 7) is 0.273. The molecule has 0 radical (unpaired) electrons. The van der Waals surface area contributed by atoms with Gasteiger partial charge in [-0.15, -0.1) is 0 Å². The van der Waals surface area contributed by atoms with Gasteiger partial charge in [-0.3, -0.25) is 9.56 Å². The minimum Gasteiger partial charge on any atom is -0.312 e. The third kappa shape index (κ3) is 2.21. The minimum absolute atomic E-state index is 0.256. The Hall–Kier alpha value is -2.66. The Morgan fingerprint density at radius 2 is 2.00 bits per heavy atom. The lowest BCUT2D eigenvalue weighted by molar-refractivity contribution is 0.625. The number of nitrogens with one attached hydrogen (secondary N) is 1. The van der Waals surface area contributed by atoms with Crippen molar-refractivity contribution in [1.29, 1.82) is 0 Å². The smallest absolute Gasteiger partial charge is 0.312 e. The van der Waals surface area contributed by atoms with Gasteiger partial charge < -0.3 is 4.98 Å². The summed E-state index contributed by atoms with van der Waals surface area (Å²) in [7, 11) is 0. The molecule has 2 heterocycles. The molecule has 0 saturated heterocycles. The number of nitrogens with zero attached hydrogens (tertiary/aromatic N) is 2. The first kappa shape index (κ1) is 14.0. The molecule has 2 aromatic carbocycles. The van der Waals surface area contributed by atoms with Crippen molar-refractivity contribution in [2.24, 2.45) is 4.99 Å². The summed E-state index contributed by atoms with van der Waals surface area (Å²) in [5.74, 6) is -0.363. The van der Waals surface area contributed by atoms with Crippen LogP contribution in [0.4, 0.5) is 4.39 Å². The summed E-state index contributed by atoms with van der Waals surface area (Å²) < 4.78 is 15.8. The standard InChI is InChI=1S/C17H11ClFN3O/c18-10-5-6-15-13(7-10)16(12-3-1-2-4-14(12)19)20-8-11-9-21-17(23)22(11)15/h1-7,9H,8H2,(H,21,23). The Balaban J connectivity index is 2.05. The van der Waals surface area contributed by atoms with Crippen LogP contribution in [0.2, 0.25) is 5.02 Å². The van der Waals surface area contributed by atoms with Gasteiger partial charge in [-0.05, 0) is 30.3 Å². The molecule has 0 unspecified atom stereocenters. The maximum absolute atomic E-state index is 14.2. The molecule has 0 atom stereocenters. The maximum atomic E-state index is 14.2. The van der Waals surface area contributed by atoms with Crippen LogP contribution in [0.1, 0.15) is 16.8 Å². The molecule has 0 fully saturated rings. The van der Waals surface area contributed by atoms with E-state index in [4.69, 9.17) is 11.6 Å². The lowest BCUT2D eigenvalue weighted by atomic mass is 10.00. The first-order valence-corrected chi connectivity index (χ1v) is 7.42. The Morgan fingerprint density at radius 3 is 2.83 bits per heavy atom. The van der Waals surface area contributed by atoms with Crippen LogP contribution in [-0.4, -0.2) is 15.3 Å². The summed E-state index contributed by atoms with van der Waals surface area (Å²) >= 11 is 6.12. The van der Waals surface area contributed by atoms with Crippen LogP contribution in [0.3, 0.4) is 0 Å². The van der Waals surface area contributed by atoms with E-state index in [1.165, 1.54) is 6.07 Å². The number of fused-ring (bicyclic) bond motifs is 3.